The minimum Gasteiger partial charge on any atom is -0.313 e. The van der Waals surface area contributed by atoms with Crippen molar-refractivity contribution in [2.45, 2.75) is 6.42 Å². The van der Waals surface area contributed by atoms with Crippen LogP contribution < -0.4 is 5.56 Å². The van der Waals surface area contributed by atoms with E-state index in [1.807, 2.05) is 24.3 Å². The Kier molecular flexibility index (Phi) is 2.83. The molecule has 15 heavy (non-hydrogen) atoms. The average Bonchev–Trinajstić information content (AvgIpc) is 2.22. The first-order chi connectivity index (χ1) is 7.25. The predicted molar refractivity (Wildman–Crippen MR) is 59.1 cm³/mol. The third-order valence-electron chi connectivity index (χ3n) is 2.06. The average molecular weight is 221 g/mol. The van der Waals surface area contributed by atoms with E-state index >= 15 is 0 Å². The number of H-pyrrole nitrogens is 1. The molecule has 76 valence electrons. The molecule has 0 spiro atoms. The van der Waals surface area contributed by atoms with Crippen molar-refractivity contribution in [1.82, 2.24) is 9.97 Å². The van der Waals surface area contributed by atoms with E-state index in [1.54, 1.807) is 0 Å². The normalized spacial score (nSPS) is 10.2. The highest BCUT2D eigenvalue weighted by Crippen LogP contribution is 2.17. The van der Waals surface area contributed by atoms with Crippen molar-refractivity contribution in [2.75, 3.05) is 0 Å². The molecule has 0 radical (unpaired) electrons. The van der Waals surface area contributed by atoms with Crippen LogP contribution in [0.5, 0.6) is 0 Å². The Hall–Kier alpha value is -1.61. The summed E-state index contributed by atoms with van der Waals surface area (Å²) in [7, 11) is 0. The van der Waals surface area contributed by atoms with Gasteiger partial charge in [-0.3, -0.25) is 4.79 Å². The maximum atomic E-state index is 11.0. The number of nitrogens with zero attached hydrogens (tertiary/aromatic N) is 1. The van der Waals surface area contributed by atoms with Crippen molar-refractivity contribution in [2.24, 2.45) is 0 Å². The molecular formula is C11H9ClN2O. The van der Waals surface area contributed by atoms with Crippen LogP contribution in [-0.4, -0.2) is 9.97 Å². The molecule has 0 aliphatic rings. The summed E-state index contributed by atoms with van der Waals surface area (Å²) >= 11 is 6.00. The largest absolute Gasteiger partial charge is 0.313 e. The predicted octanol–water partition coefficient (Wildman–Crippen LogP) is 2.01. The minimum atomic E-state index is -0.146. The fourth-order valence-corrected chi connectivity index (χ4v) is 1.55. The Morgan fingerprint density at radius 3 is 2.87 bits per heavy atom. The maximum Gasteiger partial charge on any atom is 0.250 e. The van der Waals surface area contributed by atoms with Gasteiger partial charge >= 0.3 is 0 Å². The van der Waals surface area contributed by atoms with E-state index in [2.05, 4.69) is 9.97 Å². The van der Waals surface area contributed by atoms with E-state index in [4.69, 9.17) is 11.6 Å². The molecule has 1 aromatic carbocycles. The summed E-state index contributed by atoms with van der Waals surface area (Å²) in [5, 5.41) is 0.694. The van der Waals surface area contributed by atoms with Gasteiger partial charge in [0.05, 0.1) is 12.0 Å². The van der Waals surface area contributed by atoms with Gasteiger partial charge in [-0.25, -0.2) is 4.98 Å². The van der Waals surface area contributed by atoms with Crippen molar-refractivity contribution >= 4 is 11.6 Å². The van der Waals surface area contributed by atoms with E-state index in [0.29, 0.717) is 17.1 Å². The van der Waals surface area contributed by atoms with Gasteiger partial charge in [-0.2, -0.15) is 0 Å². The van der Waals surface area contributed by atoms with Crippen LogP contribution >= 0.6 is 11.6 Å². The topological polar surface area (TPSA) is 45.8 Å². The van der Waals surface area contributed by atoms with Crippen molar-refractivity contribution < 1.29 is 0 Å². The zero-order chi connectivity index (χ0) is 10.7. The highest BCUT2D eigenvalue weighted by Gasteiger charge is 2.01. The molecule has 0 saturated carbocycles. The van der Waals surface area contributed by atoms with Crippen molar-refractivity contribution in [3.05, 3.63) is 63.3 Å². The van der Waals surface area contributed by atoms with E-state index in [9.17, 15) is 4.79 Å². The van der Waals surface area contributed by atoms with Crippen LogP contribution in [0.25, 0.3) is 0 Å². The van der Waals surface area contributed by atoms with Crippen LogP contribution in [-0.2, 0) is 6.42 Å². The Morgan fingerprint density at radius 2 is 2.13 bits per heavy atom. The molecule has 4 heteroatoms. The van der Waals surface area contributed by atoms with Gasteiger partial charge in [0.1, 0.15) is 0 Å². The van der Waals surface area contributed by atoms with Crippen LogP contribution in [0.3, 0.4) is 0 Å². The molecule has 2 rings (SSSR count). The van der Waals surface area contributed by atoms with Crippen LogP contribution in [0.1, 0.15) is 11.3 Å². The molecule has 0 amide bonds. The summed E-state index contributed by atoms with van der Waals surface area (Å²) in [6.07, 6.45) is 1.97. The first kappa shape index (κ1) is 9.93. The zero-order valence-corrected chi connectivity index (χ0v) is 8.66. The van der Waals surface area contributed by atoms with E-state index in [-0.39, 0.29) is 5.56 Å². The lowest BCUT2D eigenvalue weighted by Crippen LogP contribution is -2.07. The minimum absolute atomic E-state index is 0.146. The molecule has 1 heterocycles. The second-order valence-electron chi connectivity index (χ2n) is 3.17. The van der Waals surface area contributed by atoms with Gasteiger partial charge in [0.25, 0.3) is 5.56 Å². The third kappa shape index (κ3) is 2.44. The maximum absolute atomic E-state index is 11.0. The molecule has 3 nitrogen and oxygen atoms in total. The SMILES string of the molecule is O=c1cc(Cc2ccccc2Cl)nc[nH]1. The standard InChI is InChI=1S/C11H9ClN2O/c12-10-4-2-1-3-8(10)5-9-6-11(15)14-7-13-9/h1-4,6-7H,5H2,(H,13,14,15). The number of hydrogen-bond donors (Lipinski definition) is 1. The monoisotopic (exact) mass is 220 g/mol. The Bertz CT molecular complexity index is 522. The van der Waals surface area contributed by atoms with Gasteiger partial charge in [-0.05, 0) is 11.6 Å². The summed E-state index contributed by atoms with van der Waals surface area (Å²) in [4.78, 5) is 17.6. The van der Waals surface area contributed by atoms with Crippen molar-refractivity contribution in [1.29, 1.82) is 0 Å². The smallest absolute Gasteiger partial charge is 0.250 e. The number of halogens is 1. The quantitative estimate of drug-likeness (QED) is 0.842. The number of rotatable bonds is 2. The molecule has 0 atom stereocenters. The number of hydrogen-bond acceptors (Lipinski definition) is 2. The first-order valence-corrected chi connectivity index (χ1v) is 4.90. The van der Waals surface area contributed by atoms with Gasteiger partial charge in [0.2, 0.25) is 0 Å². The van der Waals surface area contributed by atoms with Crippen LogP contribution in [0, 0.1) is 0 Å². The summed E-state index contributed by atoms with van der Waals surface area (Å²) in [6, 6.07) is 9.00. The van der Waals surface area contributed by atoms with Crippen LogP contribution in [0.2, 0.25) is 5.02 Å². The first-order valence-electron chi connectivity index (χ1n) is 4.53. The summed E-state index contributed by atoms with van der Waals surface area (Å²) in [5.41, 5.74) is 1.54. The van der Waals surface area contributed by atoms with Crippen molar-refractivity contribution in [3.8, 4) is 0 Å². The molecule has 0 bridgehead atoms. The Labute approximate surface area is 91.8 Å². The second kappa shape index (κ2) is 4.28. The Morgan fingerprint density at radius 1 is 1.33 bits per heavy atom. The van der Waals surface area contributed by atoms with Gasteiger partial charge in [-0.15, -0.1) is 0 Å². The molecule has 1 aromatic heterocycles. The summed E-state index contributed by atoms with van der Waals surface area (Å²) < 4.78 is 0. The third-order valence-corrected chi connectivity index (χ3v) is 2.43. The van der Waals surface area contributed by atoms with E-state index < -0.39 is 0 Å². The molecule has 0 aliphatic heterocycles. The Balaban J connectivity index is 2.30. The van der Waals surface area contributed by atoms with Crippen LogP contribution in [0.15, 0.2) is 41.5 Å². The summed E-state index contributed by atoms with van der Waals surface area (Å²) in [5.74, 6) is 0. The molecule has 1 N–H and O–H groups in total. The lowest BCUT2D eigenvalue weighted by Gasteiger charge is -2.02. The number of aromatic nitrogens is 2. The molecule has 2 aromatic rings. The van der Waals surface area contributed by atoms with Gasteiger partial charge in [0.15, 0.2) is 0 Å². The molecule has 0 unspecified atom stereocenters. The number of nitrogens with one attached hydrogen (secondary N) is 1. The highest BCUT2D eigenvalue weighted by atomic mass is 35.5. The summed E-state index contributed by atoms with van der Waals surface area (Å²) in [6.45, 7) is 0. The molecule has 0 saturated heterocycles. The van der Waals surface area contributed by atoms with Crippen LogP contribution in [0.4, 0.5) is 0 Å². The van der Waals surface area contributed by atoms with E-state index in [0.717, 1.165) is 5.56 Å². The fraction of sp³-hybridized carbons (Fsp3) is 0.0909. The van der Waals surface area contributed by atoms with Crippen molar-refractivity contribution in [3.63, 3.8) is 0 Å². The second-order valence-corrected chi connectivity index (χ2v) is 3.58. The van der Waals surface area contributed by atoms with Gasteiger partial charge in [0, 0.05) is 17.5 Å². The zero-order valence-electron chi connectivity index (χ0n) is 7.90. The lowest BCUT2D eigenvalue weighted by molar-refractivity contribution is 1.00. The molecule has 0 fully saturated rings. The molecular weight excluding hydrogens is 212 g/mol. The lowest BCUT2D eigenvalue weighted by atomic mass is 10.1. The molecule has 0 aliphatic carbocycles. The number of benzene rings is 1. The van der Waals surface area contributed by atoms with Gasteiger partial charge < -0.3 is 4.98 Å². The number of aromatic amines is 1. The van der Waals surface area contributed by atoms with E-state index in [1.165, 1.54) is 12.4 Å². The fourth-order valence-electron chi connectivity index (χ4n) is 1.34. The van der Waals surface area contributed by atoms with Gasteiger partial charge in [-0.1, -0.05) is 29.8 Å². The highest BCUT2D eigenvalue weighted by molar-refractivity contribution is 6.31.